The molecular formula is C21H26N2O. The first-order valence-corrected chi connectivity index (χ1v) is 8.74. The Morgan fingerprint density at radius 1 is 1.08 bits per heavy atom. The maximum atomic E-state index is 11.5. The fourth-order valence-electron chi connectivity index (χ4n) is 3.82. The maximum Gasteiger partial charge on any atom is 0.138 e. The van der Waals surface area contributed by atoms with Gasteiger partial charge in [-0.1, -0.05) is 54.6 Å². The Labute approximate surface area is 144 Å². The third-order valence-corrected chi connectivity index (χ3v) is 4.96. The summed E-state index contributed by atoms with van der Waals surface area (Å²) in [5.41, 5.74) is 4.14. The molecule has 126 valence electrons. The van der Waals surface area contributed by atoms with Crippen LogP contribution < -0.4 is 0 Å². The van der Waals surface area contributed by atoms with Crippen molar-refractivity contribution in [3.63, 3.8) is 0 Å². The Kier molecular flexibility index (Phi) is 5.44. The first-order chi connectivity index (χ1) is 11.7. The van der Waals surface area contributed by atoms with Crippen LogP contribution in [0.25, 0.3) is 0 Å². The molecule has 24 heavy (non-hydrogen) atoms. The highest BCUT2D eigenvalue weighted by atomic mass is 16.1. The van der Waals surface area contributed by atoms with Crippen molar-refractivity contribution >= 4 is 6.29 Å². The second kappa shape index (κ2) is 7.73. The average Bonchev–Trinajstić information content (AvgIpc) is 2.62. The van der Waals surface area contributed by atoms with Crippen LogP contribution in [0.3, 0.4) is 0 Å². The topological polar surface area (TPSA) is 23.6 Å². The van der Waals surface area contributed by atoms with Gasteiger partial charge in [-0.25, -0.2) is 10.0 Å². The van der Waals surface area contributed by atoms with E-state index in [2.05, 4.69) is 65.6 Å². The Balaban J connectivity index is 1.78. The molecule has 0 radical (unpaired) electrons. The molecule has 2 aromatic carbocycles. The molecule has 3 rings (SSSR count). The predicted molar refractivity (Wildman–Crippen MR) is 97.5 cm³/mol. The van der Waals surface area contributed by atoms with Gasteiger partial charge in [-0.2, -0.15) is 0 Å². The smallest absolute Gasteiger partial charge is 0.138 e. The number of benzene rings is 2. The summed E-state index contributed by atoms with van der Waals surface area (Å²) in [5, 5.41) is 4.49. The van der Waals surface area contributed by atoms with Gasteiger partial charge in [0.15, 0.2) is 0 Å². The van der Waals surface area contributed by atoms with Gasteiger partial charge in [0.1, 0.15) is 6.29 Å². The molecule has 0 N–H and O–H groups in total. The minimum Gasteiger partial charge on any atom is -0.302 e. The van der Waals surface area contributed by atoms with Gasteiger partial charge in [0, 0.05) is 19.6 Å². The largest absolute Gasteiger partial charge is 0.302 e. The number of rotatable bonds is 6. The molecule has 0 heterocycles. The van der Waals surface area contributed by atoms with Gasteiger partial charge in [-0.05, 0) is 42.9 Å². The summed E-state index contributed by atoms with van der Waals surface area (Å²) in [6.45, 7) is 2.81. The zero-order valence-electron chi connectivity index (χ0n) is 14.6. The van der Waals surface area contributed by atoms with Crippen LogP contribution in [0.5, 0.6) is 0 Å². The van der Waals surface area contributed by atoms with E-state index in [9.17, 15) is 4.79 Å². The van der Waals surface area contributed by atoms with Gasteiger partial charge < -0.3 is 4.79 Å². The van der Waals surface area contributed by atoms with Gasteiger partial charge in [-0.15, -0.1) is 0 Å². The van der Waals surface area contributed by atoms with Gasteiger partial charge >= 0.3 is 0 Å². The molecule has 0 aromatic heterocycles. The minimum absolute atomic E-state index is 0.117. The molecule has 2 aromatic rings. The van der Waals surface area contributed by atoms with Crippen molar-refractivity contribution in [2.75, 3.05) is 7.05 Å². The van der Waals surface area contributed by atoms with Gasteiger partial charge in [0.2, 0.25) is 0 Å². The number of carbonyl (C=O) groups is 1. The van der Waals surface area contributed by atoms with Crippen molar-refractivity contribution in [1.29, 1.82) is 0 Å². The maximum absolute atomic E-state index is 11.5. The highest BCUT2D eigenvalue weighted by Gasteiger charge is 2.30. The minimum atomic E-state index is -0.117. The summed E-state index contributed by atoms with van der Waals surface area (Å²) in [4.78, 5) is 11.5. The van der Waals surface area contributed by atoms with Crippen LogP contribution >= 0.6 is 0 Å². The van der Waals surface area contributed by atoms with Crippen LogP contribution in [-0.2, 0) is 24.2 Å². The first-order valence-electron chi connectivity index (χ1n) is 8.74. The van der Waals surface area contributed by atoms with Crippen LogP contribution in [0.15, 0.2) is 54.6 Å². The van der Waals surface area contributed by atoms with Crippen molar-refractivity contribution in [3.05, 3.63) is 71.3 Å². The van der Waals surface area contributed by atoms with E-state index < -0.39 is 0 Å². The number of aryl methyl sites for hydroxylation is 1. The molecule has 0 spiro atoms. The molecule has 0 saturated carbocycles. The van der Waals surface area contributed by atoms with E-state index in [4.69, 9.17) is 0 Å². The van der Waals surface area contributed by atoms with Crippen molar-refractivity contribution in [3.8, 4) is 0 Å². The molecule has 1 aliphatic rings. The number of nitrogens with zero attached hydrogens (tertiary/aromatic N) is 2. The molecular weight excluding hydrogens is 296 g/mol. The Bertz CT molecular complexity index is 671. The summed E-state index contributed by atoms with van der Waals surface area (Å²) in [6, 6.07) is 19.4. The Hall–Kier alpha value is -1.97. The highest BCUT2D eigenvalue weighted by Crippen LogP contribution is 2.26. The third-order valence-electron chi connectivity index (χ3n) is 4.96. The molecule has 3 heteroatoms. The van der Waals surface area contributed by atoms with Gasteiger partial charge in [0.05, 0.1) is 6.04 Å². The average molecular weight is 322 g/mol. The van der Waals surface area contributed by atoms with E-state index >= 15 is 0 Å². The van der Waals surface area contributed by atoms with E-state index in [-0.39, 0.29) is 6.04 Å². The normalized spacial score (nSPS) is 18.4. The fraction of sp³-hybridized carbons (Fsp3) is 0.381. The van der Waals surface area contributed by atoms with Crippen LogP contribution in [0, 0.1) is 0 Å². The molecule has 3 nitrogen and oxygen atoms in total. The van der Waals surface area contributed by atoms with Crippen LogP contribution in [0.2, 0.25) is 0 Å². The standard InChI is InChI=1S/C21H26N2O/c1-17(16-24)23(22(2)15-18-8-4-3-5-9-18)21-13-12-19-10-6-7-11-20(19)14-21/h3-11,16-17,21H,12-15H2,1-2H3/t17-,21?/m0/s1. The Morgan fingerprint density at radius 2 is 1.75 bits per heavy atom. The lowest BCUT2D eigenvalue weighted by atomic mass is 9.87. The monoisotopic (exact) mass is 322 g/mol. The third kappa shape index (κ3) is 3.74. The molecule has 0 fully saturated rings. The summed E-state index contributed by atoms with van der Waals surface area (Å²) >= 11 is 0. The number of hydrogen-bond acceptors (Lipinski definition) is 3. The zero-order chi connectivity index (χ0) is 16.9. The van der Waals surface area contributed by atoms with E-state index in [0.717, 1.165) is 32.1 Å². The van der Waals surface area contributed by atoms with Crippen LogP contribution in [-0.4, -0.2) is 35.4 Å². The quantitative estimate of drug-likeness (QED) is 0.601. The number of fused-ring (bicyclic) bond motifs is 1. The van der Waals surface area contributed by atoms with Crippen LogP contribution in [0.1, 0.15) is 30.0 Å². The van der Waals surface area contributed by atoms with Crippen molar-refractivity contribution < 1.29 is 4.79 Å². The molecule has 0 saturated heterocycles. The lowest BCUT2D eigenvalue weighted by Gasteiger charge is -2.42. The molecule has 0 aliphatic heterocycles. The lowest BCUT2D eigenvalue weighted by Crippen LogP contribution is -2.53. The van der Waals surface area contributed by atoms with Gasteiger partial charge in [0.25, 0.3) is 0 Å². The van der Waals surface area contributed by atoms with Crippen molar-refractivity contribution in [2.24, 2.45) is 0 Å². The molecule has 1 unspecified atom stereocenters. The van der Waals surface area contributed by atoms with Gasteiger partial charge in [-0.3, -0.25) is 0 Å². The second-order valence-electron chi connectivity index (χ2n) is 6.72. The highest BCUT2D eigenvalue weighted by molar-refractivity contribution is 5.56. The Morgan fingerprint density at radius 3 is 2.46 bits per heavy atom. The number of hydrazine groups is 1. The summed E-state index contributed by atoms with van der Waals surface area (Å²) in [6.07, 6.45) is 4.24. The van der Waals surface area contributed by atoms with E-state index in [1.165, 1.54) is 16.7 Å². The fourth-order valence-corrected chi connectivity index (χ4v) is 3.82. The van der Waals surface area contributed by atoms with E-state index in [1.807, 2.05) is 13.0 Å². The van der Waals surface area contributed by atoms with Crippen molar-refractivity contribution in [1.82, 2.24) is 10.0 Å². The SMILES string of the molecule is C[C@@H](C=O)N(C1CCc2ccccc2C1)N(C)Cc1ccccc1. The number of aldehydes is 1. The first kappa shape index (κ1) is 16.9. The number of carbonyl (C=O) groups excluding carboxylic acids is 1. The zero-order valence-corrected chi connectivity index (χ0v) is 14.6. The second-order valence-corrected chi connectivity index (χ2v) is 6.72. The molecule has 0 amide bonds. The summed E-state index contributed by atoms with van der Waals surface area (Å²) < 4.78 is 0. The molecule has 1 aliphatic carbocycles. The van der Waals surface area contributed by atoms with Crippen molar-refractivity contribution in [2.45, 2.75) is 44.8 Å². The molecule has 2 atom stereocenters. The van der Waals surface area contributed by atoms with E-state index in [1.54, 1.807) is 0 Å². The van der Waals surface area contributed by atoms with Crippen LogP contribution in [0.4, 0.5) is 0 Å². The summed E-state index contributed by atoms with van der Waals surface area (Å²) in [5.74, 6) is 0. The lowest BCUT2D eigenvalue weighted by molar-refractivity contribution is -0.127. The molecule has 0 bridgehead atoms. The van der Waals surface area contributed by atoms with E-state index in [0.29, 0.717) is 6.04 Å². The summed E-state index contributed by atoms with van der Waals surface area (Å²) in [7, 11) is 2.09. The predicted octanol–water partition coefficient (Wildman–Crippen LogP) is 3.48. The number of hydrogen-bond donors (Lipinski definition) is 0.